The number of aromatic nitrogens is 1. The van der Waals surface area contributed by atoms with E-state index in [9.17, 15) is 9.18 Å². The van der Waals surface area contributed by atoms with Gasteiger partial charge < -0.3 is 10.4 Å². The molecule has 0 spiro atoms. The predicted molar refractivity (Wildman–Crippen MR) is 68.3 cm³/mol. The molecule has 4 nitrogen and oxygen atoms in total. The van der Waals surface area contributed by atoms with Gasteiger partial charge in [-0.05, 0) is 18.9 Å². The lowest BCUT2D eigenvalue weighted by Crippen LogP contribution is -2.26. The number of nitrogens with zero attached hydrogens (tertiary/aromatic N) is 1. The van der Waals surface area contributed by atoms with Crippen LogP contribution in [-0.4, -0.2) is 22.1 Å². The number of aromatic carboxylic acids is 1. The number of rotatable bonds is 6. The molecule has 0 saturated heterocycles. The monoisotopic (exact) mass is 254 g/mol. The van der Waals surface area contributed by atoms with Gasteiger partial charge in [-0.3, -0.25) is 0 Å². The number of carboxylic acids is 1. The average Bonchev–Trinajstić information content (AvgIpc) is 2.32. The molecule has 0 fully saturated rings. The van der Waals surface area contributed by atoms with Crippen molar-refractivity contribution < 1.29 is 14.3 Å². The summed E-state index contributed by atoms with van der Waals surface area (Å²) in [5.74, 6) is -1.17. The first-order valence-electron chi connectivity index (χ1n) is 6.14. The Morgan fingerprint density at radius 2 is 2.11 bits per heavy atom. The maximum absolute atomic E-state index is 13.0. The maximum atomic E-state index is 13.0. The van der Waals surface area contributed by atoms with Gasteiger partial charge in [-0.15, -0.1) is 0 Å². The lowest BCUT2D eigenvalue weighted by Gasteiger charge is -2.23. The second-order valence-corrected chi connectivity index (χ2v) is 4.36. The third-order valence-corrected chi connectivity index (χ3v) is 3.20. The first kappa shape index (κ1) is 14.4. The quantitative estimate of drug-likeness (QED) is 0.818. The zero-order valence-electron chi connectivity index (χ0n) is 10.9. The Morgan fingerprint density at radius 1 is 1.50 bits per heavy atom. The number of hydrogen-bond donors (Lipinski definition) is 2. The summed E-state index contributed by atoms with van der Waals surface area (Å²) < 4.78 is 13.0. The molecule has 0 saturated carbocycles. The minimum Gasteiger partial charge on any atom is -0.478 e. The number of hydrogen-bond acceptors (Lipinski definition) is 3. The Labute approximate surface area is 106 Å². The van der Waals surface area contributed by atoms with E-state index in [0.717, 1.165) is 25.1 Å². The van der Waals surface area contributed by atoms with Crippen LogP contribution in [0.2, 0.25) is 0 Å². The van der Waals surface area contributed by atoms with E-state index in [4.69, 9.17) is 5.11 Å². The molecule has 0 amide bonds. The molecule has 1 unspecified atom stereocenters. The van der Waals surface area contributed by atoms with E-state index in [1.54, 1.807) is 0 Å². The summed E-state index contributed by atoms with van der Waals surface area (Å²) in [5, 5.41) is 12.1. The lowest BCUT2D eigenvalue weighted by molar-refractivity contribution is 0.0697. The number of carbonyl (C=O) groups is 1. The van der Waals surface area contributed by atoms with Crippen molar-refractivity contribution in [2.24, 2.45) is 5.92 Å². The average molecular weight is 254 g/mol. The first-order valence-corrected chi connectivity index (χ1v) is 6.14. The first-order chi connectivity index (χ1) is 8.49. The molecule has 100 valence electrons. The standard InChI is InChI=1S/C13H19FN2O2/c1-4-9(5-2)8(3)16-12-11(13(17)18)6-10(14)7-15-12/h6-9H,4-5H2,1-3H3,(H,15,16)(H,17,18). The topological polar surface area (TPSA) is 62.2 Å². The number of anilines is 1. The van der Waals surface area contributed by atoms with Gasteiger partial charge in [0.2, 0.25) is 0 Å². The normalized spacial score (nSPS) is 12.5. The van der Waals surface area contributed by atoms with Crippen molar-refractivity contribution in [2.45, 2.75) is 39.7 Å². The molecule has 1 aromatic rings. The molecule has 1 heterocycles. The highest BCUT2D eigenvalue weighted by Crippen LogP contribution is 2.20. The van der Waals surface area contributed by atoms with Crippen LogP contribution in [0.25, 0.3) is 0 Å². The van der Waals surface area contributed by atoms with Crippen LogP contribution in [0.5, 0.6) is 0 Å². The largest absolute Gasteiger partial charge is 0.478 e. The zero-order valence-corrected chi connectivity index (χ0v) is 10.9. The van der Waals surface area contributed by atoms with Crippen LogP contribution in [0.15, 0.2) is 12.3 Å². The fraction of sp³-hybridized carbons (Fsp3) is 0.538. The maximum Gasteiger partial charge on any atom is 0.339 e. The van der Waals surface area contributed by atoms with Gasteiger partial charge in [-0.25, -0.2) is 14.2 Å². The molecule has 1 atom stereocenters. The highest BCUT2D eigenvalue weighted by molar-refractivity contribution is 5.93. The van der Waals surface area contributed by atoms with Gasteiger partial charge in [0.05, 0.1) is 6.20 Å². The molecule has 0 radical (unpaired) electrons. The molecule has 18 heavy (non-hydrogen) atoms. The summed E-state index contributed by atoms with van der Waals surface area (Å²) in [6.07, 6.45) is 3.01. The van der Waals surface area contributed by atoms with E-state index in [1.807, 2.05) is 6.92 Å². The van der Waals surface area contributed by atoms with Crippen molar-refractivity contribution >= 4 is 11.8 Å². The smallest absolute Gasteiger partial charge is 0.339 e. The molecule has 0 bridgehead atoms. The van der Waals surface area contributed by atoms with Crippen molar-refractivity contribution in [3.8, 4) is 0 Å². The predicted octanol–water partition coefficient (Wildman–Crippen LogP) is 3.16. The van der Waals surface area contributed by atoms with Gasteiger partial charge >= 0.3 is 5.97 Å². The molecule has 1 aromatic heterocycles. The number of nitrogens with one attached hydrogen (secondary N) is 1. The number of halogens is 1. The number of carboxylic acid groups (broad SMARTS) is 1. The van der Waals surface area contributed by atoms with Gasteiger partial charge in [0.1, 0.15) is 17.2 Å². The van der Waals surface area contributed by atoms with Gasteiger partial charge in [-0.2, -0.15) is 0 Å². The van der Waals surface area contributed by atoms with Gasteiger partial charge in [0.15, 0.2) is 0 Å². The van der Waals surface area contributed by atoms with Crippen molar-refractivity contribution in [3.63, 3.8) is 0 Å². The highest BCUT2D eigenvalue weighted by Gasteiger charge is 2.18. The van der Waals surface area contributed by atoms with Gasteiger partial charge in [0.25, 0.3) is 0 Å². The van der Waals surface area contributed by atoms with E-state index in [-0.39, 0.29) is 17.4 Å². The van der Waals surface area contributed by atoms with Crippen LogP contribution in [0, 0.1) is 11.7 Å². The summed E-state index contributed by atoms with van der Waals surface area (Å²) in [6, 6.07) is 1.08. The van der Waals surface area contributed by atoms with Crippen LogP contribution in [-0.2, 0) is 0 Å². The minimum absolute atomic E-state index is 0.0936. The fourth-order valence-corrected chi connectivity index (χ4v) is 2.05. The summed E-state index contributed by atoms with van der Waals surface area (Å²) >= 11 is 0. The number of pyridine rings is 1. The van der Waals surface area contributed by atoms with E-state index < -0.39 is 11.8 Å². The lowest BCUT2D eigenvalue weighted by atomic mass is 9.95. The minimum atomic E-state index is -1.18. The molecule has 0 aromatic carbocycles. The molecule has 2 N–H and O–H groups in total. The molecular formula is C13H19FN2O2. The third-order valence-electron chi connectivity index (χ3n) is 3.20. The third kappa shape index (κ3) is 3.42. The summed E-state index contributed by atoms with van der Waals surface area (Å²) in [4.78, 5) is 14.8. The fourth-order valence-electron chi connectivity index (χ4n) is 2.05. The van der Waals surface area contributed by atoms with Gasteiger partial charge in [-0.1, -0.05) is 26.7 Å². The second kappa shape index (κ2) is 6.33. The van der Waals surface area contributed by atoms with Crippen molar-refractivity contribution in [2.75, 3.05) is 5.32 Å². The van der Waals surface area contributed by atoms with E-state index in [0.29, 0.717) is 5.92 Å². The molecule has 0 aliphatic heterocycles. The summed E-state index contributed by atoms with van der Waals surface area (Å²) in [5.41, 5.74) is -0.132. The van der Waals surface area contributed by atoms with Crippen LogP contribution < -0.4 is 5.32 Å². The molecule has 0 aliphatic carbocycles. The van der Waals surface area contributed by atoms with Crippen molar-refractivity contribution in [3.05, 3.63) is 23.6 Å². The van der Waals surface area contributed by atoms with Gasteiger partial charge in [0, 0.05) is 6.04 Å². The Hall–Kier alpha value is -1.65. The van der Waals surface area contributed by atoms with Crippen LogP contribution in [0.4, 0.5) is 10.2 Å². The molecular weight excluding hydrogens is 235 g/mol. The summed E-state index contributed by atoms with van der Waals surface area (Å²) in [7, 11) is 0. The molecule has 5 heteroatoms. The van der Waals surface area contributed by atoms with Crippen LogP contribution in [0.1, 0.15) is 44.0 Å². The zero-order chi connectivity index (χ0) is 13.7. The second-order valence-electron chi connectivity index (χ2n) is 4.36. The van der Waals surface area contributed by atoms with Crippen LogP contribution in [0.3, 0.4) is 0 Å². The van der Waals surface area contributed by atoms with Crippen molar-refractivity contribution in [1.82, 2.24) is 4.98 Å². The summed E-state index contributed by atoms with van der Waals surface area (Å²) in [6.45, 7) is 6.15. The van der Waals surface area contributed by atoms with Crippen molar-refractivity contribution in [1.29, 1.82) is 0 Å². The highest BCUT2D eigenvalue weighted by atomic mass is 19.1. The molecule has 1 rings (SSSR count). The SMILES string of the molecule is CCC(CC)C(C)Nc1ncc(F)cc1C(=O)O. The van der Waals surface area contributed by atoms with E-state index in [1.165, 1.54) is 0 Å². The molecule has 0 aliphatic rings. The Kier molecular flexibility index (Phi) is 5.07. The Morgan fingerprint density at radius 3 is 2.61 bits per heavy atom. The van der Waals surface area contributed by atoms with E-state index >= 15 is 0 Å². The van der Waals surface area contributed by atoms with Crippen LogP contribution >= 0.6 is 0 Å². The Bertz CT molecular complexity index is 419. The Balaban J connectivity index is 2.93. The van der Waals surface area contributed by atoms with E-state index in [2.05, 4.69) is 24.1 Å².